The molecule has 0 radical (unpaired) electrons. The van der Waals surface area contributed by atoms with E-state index in [1.54, 1.807) is 31.3 Å². The number of benzene rings is 1. The molecule has 1 saturated heterocycles. The quantitative estimate of drug-likeness (QED) is 0.494. The number of carbonyl (C=O) groups excluding carboxylic acids is 1. The van der Waals surface area contributed by atoms with Crippen LogP contribution in [0.2, 0.25) is 10.0 Å². The van der Waals surface area contributed by atoms with Crippen LogP contribution in [0.1, 0.15) is 45.8 Å². The number of amides is 1. The van der Waals surface area contributed by atoms with E-state index in [1.165, 1.54) is 6.20 Å². The molecule has 1 fully saturated rings. The monoisotopic (exact) mass is 495 g/mol. The average Bonchev–Trinajstić information content (AvgIpc) is 3.27. The molecule has 3 aromatic rings. The highest BCUT2D eigenvalue weighted by atomic mass is 35.5. The number of nitrogens with zero attached hydrogens (tertiary/aromatic N) is 5. The van der Waals surface area contributed by atoms with Gasteiger partial charge in [0.1, 0.15) is 18.0 Å². The second kappa shape index (κ2) is 9.96. The maximum absolute atomic E-state index is 13.4. The lowest BCUT2D eigenvalue weighted by atomic mass is 9.86. The molecule has 3 heterocycles. The van der Waals surface area contributed by atoms with Crippen molar-refractivity contribution in [1.82, 2.24) is 19.9 Å². The number of hydrogen-bond acceptors (Lipinski definition) is 6. The van der Waals surface area contributed by atoms with Gasteiger partial charge in [-0.25, -0.2) is 15.0 Å². The van der Waals surface area contributed by atoms with Gasteiger partial charge in [0.05, 0.1) is 26.9 Å². The van der Waals surface area contributed by atoms with E-state index in [4.69, 9.17) is 33.2 Å². The first-order valence-corrected chi connectivity index (χ1v) is 11.6. The van der Waals surface area contributed by atoms with Crippen molar-refractivity contribution in [2.75, 3.05) is 13.1 Å². The highest BCUT2D eigenvalue weighted by Crippen LogP contribution is 2.38. The zero-order valence-corrected chi connectivity index (χ0v) is 20.5. The van der Waals surface area contributed by atoms with Crippen molar-refractivity contribution >= 4 is 29.1 Å². The summed E-state index contributed by atoms with van der Waals surface area (Å²) in [5, 5.41) is 9.94. The summed E-state index contributed by atoms with van der Waals surface area (Å²) in [4.78, 5) is 28.0. The van der Waals surface area contributed by atoms with Gasteiger partial charge in [-0.05, 0) is 44.5 Å². The fourth-order valence-electron chi connectivity index (χ4n) is 4.32. The van der Waals surface area contributed by atoms with E-state index in [2.05, 4.69) is 15.0 Å². The fourth-order valence-corrected chi connectivity index (χ4v) is 4.63. The molecule has 0 aliphatic carbocycles. The number of ether oxygens (including phenoxy) is 1. The standard InChI is InChI=1S/C25H23Cl2N5O2/c1-14-19(11-29-16(3)31-14)25(33)32-12-20(15(2)34-24-7-4-17(9-28)10-30-24)21(13-32)18-5-6-22(26)23(27)8-18/h4-8,10-11,15,20-21H,12-13H2,1-3H3. The Kier molecular flexibility index (Phi) is 7.01. The first-order chi connectivity index (χ1) is 16.3. The number of nitriles is 1. The van der Waals surface area contributed by atoms with Crippen molar-refractivity contribution in [2.24, 2.45) is 5.92 Å². The topological polar surface area (TPSA) is 92.0 Å². The largest absolute Gasteiger partial charge is 0.474 e. The summed E-state index contributed by atoms with van der Waals surface area (Å²) in [6.45, 7) is 6.54. The van der Waals surface area contributed by atoms with E-state index in [1.807, 2.05) is 36.9 Å². The van der Waals surface area contributed by atoms with Gasteiger partial charge in [0.2, 0.25) is 5.88 Å². The Morgan fingerprint density at radius 1 is 1.15 bits per heavy atom. The van der Waals surface area contributed by atoms with Crippen LogP contribution in [0.25, 0.3) is 0 Å². The maximum atomic E-state index is 13.4. The van der Waals surface area contributed by atoms with Crippen molar-refractivity contribution in [1.29, 1.82) is 5.26 Å². The van der Waals surface area contributed by atoms with E-state index >= 15 is 0 Å². The third-order valence-corrected chi connectivity index (χ3v) is 6.87. The summed E-state index contributed by atoms with van der Waals surface area (Å²) < 4.78 is 6.13. The molecule has 7 nitrogen and oxygen atoms in total. The minimum atomic E-state index is -0.270. The van der Waals surface area contributed by atoms with Gasteiger partial charge < -0.3 is 9.64 Å². The van der Waals surface area contributed by atoms with E-state index in [0.717, 1.165) is 5.56 Å². The minimum Gasteiger partial charge on any atom is -0.474 e. The average molecular weight is 496 g/mol. The van der Waals surface area contributed by atoms with Crippen LogP contribution in [0.5, 0.6) is 5.88 Å². The van der Waals surface area contributed by atoms with Crippen molar-refractivity contribution in [3.63, 3.8) is 0 Å². The zero-order chi connectivity index (χ0) is 24.4. The predicted molar refractivity (Wildman–Crippen MR) is 129 cm³/mol. The predicted octanol–water partition coefficient (Wildman–Crippen LogP) is 4.99. The van der Waals surface area contributed by atoms with E-state index in [-0.39, 0.29) is 23.8 Å². The molecule has 2 aromatic heterocycles. The van der Waals surface area contributed by atoms with Crippen molar-refractivity contribution in [2.45, 2.75) is 32.8 Å². The van der Waals surface area contributed by atoms with Gasteiger partial charge in [0, 0.05) is 43.4 Å². The third kappa shape index (κ3) is 4.98. The number of likely N-dealkylation sites (tertiary alicyclic amines) is 1. The van der Waals surface area contributed by atoms with Crippen LogP contribution in [-0.2, 0) is 0 Å². The lowest BCUT2D eigenvalue weighted by Gasteiger charge is -2.25. The Bertz CT molecular complexity index is 1260. The van der Waals surface area contributed by atoms with Gasteiger partial charge in [-0.2, -0.15) is 5.26 Å². The van der Waals surface area contributed by atoms with Crippen LogP contribution < -0.4 is 4.74 Å². The number of aromatic nitrogens is 3. The van der Waals surface area contributed by atoms with E-state index in [0.29, 0.717) is 51.7 Å². The molecule has 9 heteroatoms. The van der Waals surface area contributed by atoms with Gasteiger partial charge >= 0.3 is 0 Å². The van der Waals surface area contributed by atoms with Gasteiger partial charge in [0.15, 0.2) is 0 Å². The molecule has 0 spiro atoms. The fraction of sp³-hybridized carbons (Fsp3) is 0.320. The molecule has 1 amide bonds. The summed E-state index contributed by atoms with van der Waals surface area (Å²) in [6.07, 6.45) is 2.79. The zero-order valence-electron chi connectivity index (χ0n) is 19.0. The lowest BCUT2D eigenvalue weighted by Crippen LogP contribution is -2.33. The minimum absolute atomic E-state index is 0.0289. The molecular weight excluding hydrogens is 473 g/mol. The Morgan fingerprint density at radius 3 is 2.59 bits per heavy atom. The number of halogens is 2. The van der Waals surface area contributed by atoms with Crippen LogP contribution in [-0.4, -0.2) is 45.0 Å². The second-order valence-electron chi connectivity index (χ2n) is 8.39. The second-order valence-corrected chi connectivity index (χ2v) is 9.20. The van der Waals surface area contributed by atoms with Gasteiger partial charge in [0.25, 0.3) is 5.91 Å². The molecule has 3 atom stereocenters. The van der Waals surface area contributed by atoms with Crippen molar-refractivity contribution < 1.29 is 9.53 Å². The van der Waals surface area contributed by atoms with Crippen LogP contribution >= 0.6 is 23.2 Å². The number of rotatable bonds is 5. The van der Waals surface area contributed by atoms with Crippen molar-refractivity contribution in [3.05, 3.63) is 81.0 Å². The van der Waals surface area contributed by atoms with Gasteiger partial charge in [-0.15, -0.1) is 0 Å². The maximum Gasteiger partial charge on any atom is 0.257 e. The highest BCUT2D eigenvalue weighted by molar-refractivity contribution is 6.42. The molecule has 1 aliphatic rings. The number of pyridine rings is 1. The summed E-state index contributed by atoms with van der Waals surface area (Å²) in [7, 11) is 0. The van der Waals surface area contributed by atoms with Crippen LogP contribution in [0.15, 0.2) is 42.7 Å². The molecule has 0 N–H and O–H groups in total. The third-order valence-electron chi connectivity index (χ3n) is 6.13. The normalized spacial score (nSPS) is 18.4. The summed E-state index contributed by atoms with van der Waals surface area (Å²) >= 11 is 12.5. The van der Waals surface area contributed by atoms with Crippen LogP contribution in [0.3, 0.4) is 0 Å². The molecule has 1 aromatic carbocycles. The highest BCUT2D eigenvalue weighted by Gasteiger charge is 2.41. The van der Waals surface area contributed by atoms with Gasteiger partial charge in [-0.1, -0.05) is 29.3 Å². The number of hydrogen-bond donors (Lipinski definition) is 0. The van der Waals surface area contributed by atoms with Crippen molar-refractivity contribution in [3.8, 4) is 11.9 Å². The molecule has 0 bridgehead atoms. The van der Waals surface area contributed by atoms with E-state index < -0.39 is 0 Å². The molecule has 4 rings (SSSR count). The smallest absolute Gasteiger partial charge is 0.257 e. The van der Waals surface area contributed by atoms with E-state index in [9.17, 15) is 4.79 Å². The molecule has 174 valence electrons. The molecule has 34 heavy (non-hydrogen) atoms. The molecule has 3 unspecified atom stereocenters. The SMILES string of the molecule is Cc1ncc(C(=O)N2CC(c3ccc(Cl)c(Cl)c3)C(C(C)Oc3ccc(C#N)cn3)C2)c(C)n1. The Labute approximate surface area is 208 Å². The molecular formula is C25H23Cl2N5O2. The Balaban J connectivity index is 1.62. The van der Waals surface area contributed by atoms with Gasteiger partial charge in [-0.3, -0.25) is 4.79 Å². The van der Waals surface area contributed by atoms with Crippen LogP contribution in [0.4, 0.5) is 0 Å². The molecule has 0 saturated carbocycles. The number of aryl methyl sites for hydroxylation is 2. The number of carbonyl (C=O) groups is 1. The van der Waals surface area contributed by atoms with Crippen LogP contribution in [0, 0.1) is 31.1 Å². The molecule has 1 aliphatic heterocycles. The summed E-state index contributed by atoms with van der Waals surface area (Å²) in [5.74, 6) is 0.865. The first-order valence-electron chi connectivity index (χ1n) is 10.8. The Hall–Kier alpha value is -3.21. The summed E-state index contributed by atoms with van der Waals surface area (Å²) in [6, 6.07) is 10.9. The Morgan fingerprint density at radius 2 is 1.94 bits per heavy atom. The lowest BCUT2D eigenvalue weighted by molar-refractivity contribution is 0.0768. The first kappa shape index (κ1) is 23.9. The summed E-state index contributed by atoms with van der Waals surface area (Å²) in [5.41, 5.74) is 2.58.